The summed E-state index contributed by atoms with van der Waals surface area (Å²) in [5.74, 6) is -0.211. The van der Waals surface area contributed by atoms with Gasteiger partial charge in [-0.3, -0.25) is 8.98 Å². The standard InChI is InChI=1S/C18H27NO6S/c1-12(2)16(17(20)25-18(3,4)5)19-15(11-24-26(19,21)22)13-7-9-14(23-6)10-8-13/h7-10,12,15-16H,11H2,1-6H3. The lowest BCUT2D eigenvalue weighted by molar-refractivity contribution is -0.161. The molecule has 0 spiro atoms. The van der Waals surface area contributed by atoms with E-state index in [1.807, 2.05) is 0 Å². The van der Waals surface area contributed by atoms with Crippen molar-refractivity contribution < 1.29 is 26.9 Å². The minimum Gasteiger partial charge on any atom is -0.497 e. The molecule has 1 fully saturated rings. The van der Waals surface area contributed by atoms with Crippen LogP contribution in [0.4, 0.5) is 0 Å². The summed E-state index contributed by atoms with van der Waals surface area (Å²) in [7, 11) is -2.49. The zero-order valence-electron chi connectivity index (χ0n) is 16.1. The fourth-order valence-electron chi connectivity index (χ4n) is 2.87. The highest BCUT2D eigenvalue weighted by atomic mass is 32.2. The molecule has 8 heteroatoms. The maximum atomic E-state index is 12.7. The Labute approximate surface area is 155 Å². The number of ether oxygens (including phenoxy) is 2. The van der Waals surface area contributed by atoms with Crippen molar-refractivity contribution in [1.82, 2.24) is 4.31 Å². The third-order valence-electron chi connectivity index (χ3n) is 3.99. The van der Waals surface area contributed by atoms with Gasteiger partial charge in [0, 0.05) is 0 Å². The first kappa shape index (κ1) is 20.7. The quantitative estimate of drug-likeness (QED) is 0.725. The molecule has 1 aromatic rings. The average Bonchev–Trinajstić information content (AvgIpc) is 2.81. The van der Waals surface area contributed by atoms with E-state index < -0.39 is 34.0 Å². The van der Waals surface area contributed by atoms with E-state index in [0.29, 0.717) is 5.75 Å². The van der Waals surface area contributed by atoms with Gasteiger partial charge in [0.25, 0.3) is 0 Å². The van der Waals surface area contributed by atoms with Gasteiger partial charge in [-0.15, -0.1) is 0 Å². The fraction of sp³-hybridized carbons (Fsp3) is 0.611. The van der Waals surface area contributed by atoms with Gasteiger partial charge in [-0.25, -0.2) is 0 Å². The van der Waals surface area contributed by atoms with Gasteiger partial charge in [-0.2, -0.15) is 12.7 Å². The van der Waals surface area contributed by atoms with E-state index in [1.165, 1.54) is 0 Å². The molecular formula is C18H27NO6S. The fourth-order valence-corrected chi connectivity index (χ4v) is 4.40. The van der Waals surface area contributed by atoms with Crippen LogP contribution in [0.15, 0.2) is 24.3 Å². The normalized spacial score (nSPS) is 21.6. The summed E-state index contributed by atoms with van der Waals surface area (Å²) in [6.07, 6.45) is 0. The van der Waals surface area contributed by atoms with Gasteiger partial charge < -0.3 is 9.47 Å². The molecule has 1 aromatic carbocycles. The van der Waals surface area contributed by atoms with Gasteiger partial charge in [0.15, 0.2) is 0 Å². The Morgan fingerprint density at radius 3 is 2.27 bits per heavy atom. The average molecular weight is 385 g/mol. The van der Waals surface area contributed by atoms with E-state index in [-0.39, 0.29) is 12.5 Å². The Morgan fingerprint density at radius 1 is 1.23 bits per heavy atom. The van der Waals surface area contributed by atoms with Gasteiger partial charge in [0.2, 0.25) is 0 Å². The molecule has 0 N–H and O–H groups in total. The molecule has 7 nitrogen and oxygen atoms in total. The minimum absolute atomic E-state index is 0.0549. The van der Waals surface area contributed by atoms with Crippen molar-refractivity contribution in [3.8, 4) is 5.75 Å². The second kappa shape index (κ2) is 7.54. The number of esters is 1. The molecule has 1 aliphatic rings. The van der Waals surface area contributed by atoms with E-state index in [9.17, 15) is 13.2 Å². The predicted molar refractivity (Wildman–Crippen MR) is 96.9 cm³/mol. The minimum atomic E-state index is -4.04. The molecule has 1 saturated heterocycles. The van der Waals surface area contributed by atoms with Gasteiger partial charge >= 0.3 is 16.3 Å². The lowest BCUT2D eigenvalue weighted by Gasteiger charge is -2.33. The molecule has 0 radical (unpaired) electrons. The summed E-state index contributed by atoms with van der Waals surface area (Å²) in [5, 5.41) is 0. The largest absolute Gasteiger partial charge is 0.497 e. The molecule has 0 saturated carbocycles. The number of benzene rings is 1. The lowest BCUT2D eigenvalue weighted by atomic mass is 10.00. The first-order chi connectivity index (χ1) is 12.0. The van der Waals surface area contributed by atoms with Crippen molar-refractivity contribution in [3.63, 3.8) is 0 Å². The van der Waals surface area contributed by atoms with Crippen molar-refractivity contribution >= 4 is 16.3 Å². The van der Waals surface area contributed by atoms with Crippen LogP contribution < -0.4 is 4.74 Å². The highest BCUT2D eigenvalue weighted by Gasteiger charge is 2.49. The van der Waals surface area contributed by atoms with E-state index in [1.54, 1.807) is 66.0 Å². The molecule has 0 aromatic heterocycles. The molecule has 2 unspecified atom stereocenters. The molecule has 1 aliphatic heterocycles. The Balaban J connectivity index is 2.42. The number of methoxy groups -OCH3 is 1. The summed E-state index contributed by atoms with van der Waals surface area (Å²) in [6.45, 7) is 8.76. The third kappa shape index (κ3) is 4.55. The predicted octanol–water partition coefficient (Wildman–Crippen LogP) is 2.68. The van der Waals surface area contributed by atoms with Gasteiger partial charge in [-0.05, 0) is 44.4 Å². The molecule has 2 atom stereocenters. The van der Waals surface area contributed by atoms with Crippen molar-refractivity contribution in [1.29, 1.82) is 0 Å². The molecular weight excluding hydrogens is 358 g/mol. The van der Waals surface area contributed by atoms with Gasteiger partial charge in [0.1, 0.15) is 17.4 Å². The summed E-state index contributed by atoms with van der Waals surface area (Å²) in [6, 6.07) is 5.45. The Bertz CT molecular complexity index is 736. The van der Waals surface area contributed by atoms with E-state index in [4.69, 9.17) is 13.7 Å². The van der Waals surface area contributed by atoms with Crippen molar-refractivity contribution in [3.05, 3.63) is 29.8 Å². The molecule has 0 bridgehead atoms. The van der Waals surface area contributed by atoms with E-state index >= 15 is 0 Å². The highest BCUT2D eigenvalue weighted by molar-refractivity contribution is 7.84. The first-order valence-corrected chi connectivity index (χ1v) is 9.87. The molecule has 0 aliphatic carbocycles. The van der Waals surface area contributed by atoms with Crippen LogP contribution in [0, 0.1) is 5.92 Å². The highest BCUT2D eigenvalue weighted by Crippen LogP contribution is 2.37. The Morgan fingerprint density at radius 2 is 1.81 bits per heavy atom. The first-order valence-electron chi connectivity index (χ1n) is 8.51. The van der Waals surface area contributed by atoms with Gasteiger partial charge in [-0.1, -0.05) is 26.0 Å². The second-order valence-electron chi connectivity index (χ2n) is 7.58. The van der Waals surface area contributed by atoms with Crippen molar-refractivity contribution in [2.45, 2.75) is 52.3 Å². The van der Waals surface area contributed by atoms with Crippen LogP contribution in [0.5, 0.6) is 5.75 Å². The molecule has 1 heterocycles. The van der Waals surface area contributed by atoms with Crippen LogP contribution in [0.3, 0.4) is 0 Å². The number of carbonyl (C=O) groups excluding carboxylic acids is 1. The number of carbonyl (C=O) groups is 1. The smallest absolute Gasteiger partial charge is 0.339 e. The van der Waals surface area contributed by atoms with E-state index in [0.717, 1.165) is 9.87 Å². The molecule has 146 valence electrons. The SMILES string of the molecule is COc1ccc(C2COS(=O)(=O)N2C(C(=O)OC(C)(C)C)C(C)C)cc1. The lowest BCUT2D eigenvalue weighted by Crippen LogP contribution is -2.49. The maximum Gasteiger partial charge on any atom is 0.339 e. The van der Waals surface area contributed by atoms with Crippen LogP contribution in [0.2, 0.25) is 0 Å². The van der Waals surface area contributed by atoms with Crippen molar-refractivity contribution in [2.75, 3.05) is 13.7 Å². The van der Waals surface area contributed by atoms with Crippen LogP contribution in [0.25, 0.3) is 0 Å². The monoisotopic (exact) mass is 385 g/mol. The maximum absolute atomic E-state index is 12.7. The Kier molecular flexibility index (Phi) is 5.99. The third-order valence-corrected chi connectivity index (χ3v) is 5.43. The van der Waals surface area contributed by atoms with Crippen LogP contribution in [0.1, 0.15) is 46.2 Å². The molecule has 2 rings (SSSR count). The van der Waals surface area contributed by atoms with Crippen LogP contribution in [-0.2, 0) is 24.0 Å². The molecule has 26 heavy (non-hydrogen) atoms. The number of rotatable bonds is 5. The summed E-state index contributed by atoms with van der Waals surface area (Å²) < 4.78 is 41.9. The Hall–Kier alpha value is -1.64. The van der Waals surface area contributed by atoms with E-state index in [2.05, 4.69) is 0 Å². The summed E-state index contributed by atoms with van der Waals surface area (Å²) in [4.78, 5) is 12.7. The second-order valence-corrected chi connectivity index (χ2v) is 9.10. The number of hydrogen-bond acceptors (Lipinski definition) is 6. The van der Waals surface area contributed by atoms with Crippen LogP contribution in [-0.4, -0.2) is 44.1 Å². The zero-order valence-corrected chi connectivity index (χ0v) is 16.9. The topological polar surface area (TPSA) is 82.1 Å². The number of hydrogen-bond donors (Lipinski definition) is 0. The molecule has 0 amide bonds. The summed E-state index contributed by atoms with van der Waals surface area (Å²) >= 11 is 0. The van der Waals surface area contributed by atoms with Crippen LogP contribution >= 0.6 is 0 Å². The zero-order chi connectivity index (χ0) is 19.7. The summed E-state index contributed by atoms with van der Waals surface area (Å²) in [5.41, 5.74) is 0.00515. The van der Waals surface area contributed by atoms with Crippen molar-refractivity contribution in [2.24, 2.45) is 5.92 Å². The van der Waals surface area contributed by atoms with Gasteiger partial charge in [0.05, 0.1) is 19.8 Å². The number of nitrogens with zero attached hydrogens (tertiary/aromatic N) is 1.